The molecule has 0 spiro atoms. The van der Waals surface area contributed by atoms with E-state index < -0.39 is 6.04 Å². The third-order valence-corrected chi connectivity index (χ3v) is 4.77. The third kappa shape index (κ3) is 2.81. The zero-order chi connectivity index (χ0) is 18.1. The van der Waals surface area contributed by atoms with Gasteiger partial charge in [0.05, 0.1) is 5.69 Å². The van der Waals surface area contributed by atoms with Crippen molar-refractivity contribution in [1.82, 2.24) is 9.78 Å². The molecule has 5 heteroatoms. The van der Waals surface area contributed by atoms with E-state index in [9.17, 15) is 9.59 Å². The Labute approximate surface area is 151 Å². The number of carbonyl (C=O) groups is 1. The lowest BCUT2D eigenvalue weighted by Gasteiger charge is -2.22. The topological polar surface area (TPSA) is 55.2 Å². The van der Waals surface area contributed by atoms with Gasteiger partial charge in [-0.3, -0.25) is 9.59 Å². The summed E-state index contributed by atoms with van der Waals surface area (Å²) < 4.78 is 1.28. The molecule has 26 heavy (non-hydrogen) atoms. The number of nitrogens with zero attached hydrogens (tertiary/aromatic N) is 3. The van der Waals surface area contributed by atoms with E-state index in [1.807, 2.05) is 54.6 Å². The van der Waals surface area contributed by atoms with E-state index in [1.165, 1.54) is 10.7 Å². The molecule has 0 saturated heterocycles. The van der Waals surface area contributed by atoms with Crippen LogP contribution >= 0.6 is 0 Å². The molecule has 1 aliphatic rings. The molecule has 1 amide bonds. The van der Waals surface area contributed by atoms with Crippen molar-refractivity contribution in [2.75, 3.05) is 11.4 Å². The van der Waals surface area contributed by atoms with Crippen molar-refractivity contribution in [2.45, 2.75) is 19.4 Å². The SMILES string of the molecule is C[C@H](C(=O)N1CCc2ccccc21)n1nc(-c2ccccc2)ccc1=O. The van der Waals surface area contributed by atoms with Crippen LogP contribution in [0.5, 0.6) is 0 Å². The smallest absolute Gasteiger partial charge is 0.267 e. The van der Waals surface area contributed by atoms with Crippen LogP contribution in [0.25, 0.3) is 11.3 Å². The molecule has 3 aromatic rings. The summed E-state index contributed by atoms with van der Waals surface area (Å²) in [5, 5.41) is 4.45. The highest BCUT2D eigenvalue weighted by Crippen LogP contribution is 2.29. The van der Waals surface area contributed by atoms with Gasteiger partial charge in [-0.25, -0.2) is 4.68 Å². The lowest BCUT2D eigenvalue weighted by Crippen LogP contribution is -2.39. The number of amides is 1. The van der Waals surface area contributed by atoms with Crippen LogP contribution < -0.4 is 10.5 Å². The van der Waals surface area contributed by atoms with Gasteiger partial charge in [0.1, 0.15) is 6.04 Å². The fraction of sp³-hybridized carbons (Fsp3) is 0.190. The standard InChI is InChI=1S/C21H19N3O2/c1-15(21(26)23-14-13-17-9-5-6-10-19(17)23)24-20(25)12-11-18(22-24)16-7-3-2-4-8-16/h2-12,15H,13-14H2,1H3/t15-/m1/s1. The first-order valence-electron chi connectivity index (χ1n) is 8.70. The summed E-state index contributed by atoms with van der Waals surface area (Å²) in [4.78, 5) is 27.1. The molecule has 0 fully saturated rings. The molecular weight excluding hydrogens is 326 g/mol. The lowest BCUT2D eigenvalue weighted by molar-refractivity contribution is -0.121. The molecule has 0 N–H and O–H groups in total. The quantitative estimate of drug-likeness (QED) is 0.733. The van der Waals surface area contributed by atoms with Crippen LogP contribution in [-0.4, -0.2) is 22.2 Å². The first kappa shape index (κ1) is 16.3. The highest BCUT2D eigenvalue weighted by atomic mass is 16.2. The fourth-order valence-electron chi connectivity index (χ4n) is 3.36. The van der Waals surface area contributed by atoms with Crippen molar-refractivity contribution in [3.05, 3.63) is 82.6 Å². The number of rotatable bonds is 3. The van der Waals surface area contributed by atoms with Gasteiger partial charge >= 0.3 is 0 Å². The Morgan fingerprint density at radius 1 is 1.00 bits per heavy atom. The van der Waals surface area contributed by atoms with Gasteiger partial charge in [0.25, 0.3) is 11.5 Å². The van der Waals surface area contributed by atoms with E-state index >= 15 is 0 Å². The highest BCUT2D eigenvalue weighted by molar-refractivity contribution is 5.97. The van der Waals surface area contributed by atoms with E-state index in [0.717, 1.165) is 23.2 Å². The van der Waals surface area contributed by atoms with Crippen LogP contribution in [-0.2, 0) is 11.2 Å². The minimum Gasteiger partial charge on any atom is -0.310 e. The summed E-state index contributed by atoms with van der Waals surface area (Å²) in [6, 6.07) is 20.0. The van der Waals surface area contributed by atoms with E-state index in [1.54, 1.807) is 17.9 Å². The number of hydrogen-bond donors (Lipinski definition) is 0. The molecule has 0 bridgehead atoms. The summed E-state index contributed by atoms with van der Waals surface area (Å²) in [5.74, 6) is -0.116. The zero-order valence-corrected chi connectivity index (χ0v) is 14.5. The number of benzene rings is 2. The number of carbonyl (C=O) groups excluding carboxylic acids is 1. The van der Waals surface area contributed by atoms with Crippen LogP contribution in [0.4, 0.5) is 5.69 Å². The summed E-state index contributed by atoms with van der Waals surface area (Å²) in [5.41, 5.74) is 3.39. The summed E-state index contributed by atoms with van der Waals surface area (Å²) in [7, 11) is 0. The second-order valence-corrected chi connectivity index (χ2v) is 6.41. The average molecular weight is 345 g/mol. The van der Waals surface area contributed by atoms with E-state index in [0.29, 0.717) is 12.2 Å². The second kappa shape index (κ2) is 6.59. The summed E-state index contributed by atoms with van der Waals surface area (Å²) >= 11 is 0. The molecule has 1 aromatic heterocycles. The fourth-order valence-corrected chi connectivity index (χ4v) is 3.36. The van der Waals surface area contributed by atoms with Gasteiger partial charge in [-0.15, -0.1) is 0 Å². The molecular formula is C21H19N3O2. The zero-order valence-electron chi connectivity index (χ0n) is 14.5. The van der Waals surface area contributed by atoms with Crippen molar-refractivity contribution >= 4 is 11.6 Å². The van der Waals surface area contributed by atoms with Gasteiger partial charge < -0.3 is 4.90 Å². The first-order valence-corrected chi connectivity index (χ1v) is 8.70. The van der Waals surface area contributed by atoms with Gasteiger partial charge in [-0.05, 0) is 31.0 Å². The van der Waals surface area contributed by atoms with E-state index in [-0.39, 0.29) is 11.5 Å². The van der Waals surface area contributed by atoms with Gasteiger partial charge in [0.15, 0.2) is 0 Å². The van der Waals surface area contributed by atoms with Crippen molar-refractivity contribution in [3.8, 4) is 11.3 Å². The van der Waals surface area contributed by atoms with Crippen molar-refractivity contribution < 1.29 is 4.79 Å². The minimum absolute atomic E-state index is 0.116. The van der Waals surface area contributed by atoms with Crippen LogP contribution in [0.3, 0.4) is 0 Å². The number of anilines is 1. The normalized spacial score (nSPS) is 14.1. The molecule has 4 rings (SSSR count). The second-order valence-electron chi connectivity index (χ2n) is 6.41. The molecule has 1 aliphatic heterocycles. The predicted octanol–water partition coefficient (Wildman–Crippen LogP) is 3.06. The van der Waals surface area contributed by atoms with Crippen LogP contribution in [0, 0.1) is 0 Å². The van der Waals surface area contributed by atoms with Crippen LogP contribution in [0.1, 0.15) is 18.5 Å². The lowest BCUT2D eigenvalue weighted by atomic mass is 10.1. The Morgan fingerprint density at radius 3 is 2.54 bits per heavy atom. The third-order valence-electron chi connectivity index (χ3n) is 4.77. The molecule has 130 valence electrons. The molecule has 1 atom stereocenters. The Hall–Kier alpha value is -3.21. The molecule has 5 nitrogen and oxygen atoms in total. The van der Waals surface area contributed by atoms with Gasteiger partial charge in [-0.1, -0.05) is 48.5 Å². The average Bonchev–Trinajstić information content (AvgIpc) is 3.12. The Morgan fingerprint density at radius 2 is 1.73 bits per heavy atom. The molecule has 0 saturated carbocycles. The largest absolute Gasteiger partial charge is 0.310 e. The van der Waals surface area contributed by atoms with Gasteiger partial charge in [0, 0.05) is 23.9 Å². The number of para-hydroxylation sites is 1. The van der Waals surface area contributed by atoms with E-state index in [4.69, 9.17) is 0 Å². The van der Waals surface area contributed by atoms with Crippen molar-refractivity contribution in [3.63, 3.8) is 0 Å². The Bertz CT molecular complexity index is 1010. The molecule has 0 aliphatic carbocycles. The van der Waals surface area contributed by atoms with Gasteiger partial charge in [0.2, 0.25) is 0 Å². The number of aromatic nitrogens is 2. The monoisotopic (exact) mass is 345 g/mol. The van der Waals surface area contributed by atoms with Crippen molar-refractivity contribution in [2.24, 2.45) is 0 Å². The number of hydrogen-bond acceptors (Lipinski definition) is 3. The Balaban J connectivity index is 1.67. The maximum Gasteiger partial charge on any atom is 0.267 e. The molecule has 0 unspecified atom stereocenters. The first-order chi connectivity index (χ1) is 12.6. The maximum atomic E-state index is 13.0. The molecule has 0 radical (unpaired) electrons. The maximum absolute atomic E-state index is 13.0. The van der Waals surface area contributed by atoms with Crippen LogP contribution in [0.15, 0.2) is 71.5 Å². The predicted molar refractivity (Wildman–Crippen MR) is 101 cm³/mol. The molecule has 2 aromatic carbocycles. The van der Waals surface area contributed by atoms with E-state index in [2.05, 4.69) is 5.10 Å². The van der Waals surface area contributed by atoms with Gasteiger partial charge in [-0.2, -0.15) is 5.10 Å². The number of fused-ring (bicyclic) bond motifs is 1. The highest BCUT2D eigenvalue weighted by Gasteiger charge is 2.29. The van der Waals surface area contributed by atoms with Crippen LogP contribution in [0.2, 0.25) is 0 Å². The van der Waals surface area contributed by atoms with Crippen molar-refractivity contribution in [1.29, 1.82) is 0 Å². The molecule has 2 heterocycles. The Kier molecular flexibility index (Phi) is 4.13. The minimum atomic E-state index is -0.669. The summed E-state index contributed by atoms with van der Waals surface area (Å²) in [6.45, 7) is 2.36. The summed E-state index contributed by atoms with van der Waals surface area (Å²) in [6.07, 6.45) is 0.834.